The number of carboxylic acids is 1. The van der Waals surface area contributed by atoms with E-state index in [1.807, 2.05) is 37.3 Å². The Balaban J connectivity index is 1.69. The van der Waals surface area contributed by atoms with Crippen LogP contribution in [-0.4, -0.2) is 31.7 Å². The van der Waals surface area contributed by atoms with E-state index in [1.54, 1.807) is 42.2 Å². The van der Waals surface area contributed by atoms with E-state index in [1.165, 1.54) is 6.33 Å². The Hall–Kier alpha value is -3.48. The number of carbonyl (C=O) groups is 2. The van der Waals surface area contributed by atoms with Gasteiger partial charge in [0.05, 0.1) is 17.1 Å². The van der Waals surface area contributed by atoms with E-state index in [2.05, 4.69) is 15.4 Å². The third-order valence-electron chi connectivity index (χ3n) is 4.85. The second-order valence-corrected chi connectivity index (χ2v) is 6.90. The molecule has 0 aliphatic heterocycles. The normalized spacial score (nSPS) is 14.1. The van der Waals surface area contributed by atoms with Gasteiger partial charge in [-0.05, 0) is 37.1 Å². The molecule has 144 valence electrons. The molecule has 7 nitrogen and oxygen atoms in total. The number of benzene rings is 2. The van der Waals surface area contributed by atoms with Crippen LogP contribution in [0.5, 0.6) is 0 Å². The van der Waals surface area contributed by atoms with Crippen molar-refractivity contribution < 1.29 is 14.7 Å². The molecule has 1 amide bonds. The van der Waals surface area contributed by atoms with Crippen LogP contribution in [0.15, 0.2) is 67.3 Å². The Morgan fingerprint density at radius 3 is 2.39 bits per heavy atom. The zero-order valence-corrected chi connectivity index (χ0v) is 15.7. The fourth-order valence-corrected chi connectivity index (χ4v) is 3.06. The molecule has 0 radical (unpaired) electrons. The summed E-state index contributed by atoms with van der Waals surface area (Å²) in [6.07, 6.45) is 2.92. The van der Waals surface area contributed by atoms with E-state index in [0.29, 0.717) is 5.56 Å². The van der Waals surface area contributed by atoms with Crippen LogP contribution >= 0.6 is 0 Å². The average molecular weight is 378 g/mol. The zero-order valence-electron chi connectivity index (χ0n) is 15.7. The van der Waals surface area contributed by atoms with Crippen molar-refractivity contribution in [2.24, 2.45) is 0 Å². The number of rotatable bonds is 7. The maximum absolute atomic E-state index is 12.6. The highest BCUT2D eigenvalue weighted by Crippen LogP contribution is 2.28. The number of carboxylic acid groups (broad SMARTS) is 1. The number of aromatic nitrogens is 3. The summed E-state index contributed by atoms with van der Waals surface area (Å²) in [6, 6.07) is 16.1. The molecule has 1 aromatic heterocycles. The summed E-state index contributed by atoms with van der Waals surface area (Å²) in [4.78, 5) is 28.4. The third kappa shape index (κ3) is 4.09. The Morgan fingerprint density at radius 2 is 1.82 bits per heavy atom. The predicted molar refractivity (Wildman–Crippen MR) is 104 cm³/mol. The van der Waals surface area contributed by atoms with Crippen LogP contribution in [0.3, 0.4) is 0 Å². The number of nitrogens with zero attached hydrogens (tertiary/aromatic N) is 3. The predicted octanol–water partition coefficient (Wildman–Crippen LogP) is 2.88. The summed E-state index contributed by atoms with van der Waals surface area (Å²) in [5, 5.41) is 16.7. The third-order valence-corrected chi connectivity index (χ3v) is 4.85. The maximum Gasteiger partial charge on any atom is 0.314 e. The molecule has 2 atom stereocenters. The Morgan fingerprint density at radius 1 is 1.14 bits per heavy atom. The average Bonchev–Trinajstić information content (AvgIpc) is 3.23. The lowest BCUT2D eigenvalue weighted by atomic mass is 9.79. The number of amides is 1. The summed E-state index contributed by atoms with van der Waals surface area (Å²) in [5.74, 6) is -1.35. The van der Waals surface area contributed by atoms with Crippen molar-refractivity contribution in [2.45, 2.75) is 31.7 Å². The summed E-state index contributed by atoms with van der Waals surface area (Å²) in [5.41, 5.74) is 1.08. The van der Waals surface area contributed by atoms with Crippen LogP contribution in [0.4, 0.5) is 0 Å². The lowest BCUT2D eigenvalue weighted by Crippen LogP contribution is -2.39. The molecule has 2 N–H and O–H groups in total. The molecule has 28 heavy (non-hydrogen) atoms. The number of nitrogens with one attached hydrogen (secondary N) is 1. The molecule has 0 unspecified atom stereocenters. The maximum atomic E-state index is 12.6. The van der Waals surface area contributed by atoms with Gasteiger partial charge in [0.25, 0.3) is 0 Å². The van der Waals surface area contributed by atoms with E-state index in [9.17, 15) is 14.7 Å². The second-order valence-electron chi connectivity index (χ2n) is 6.90. The first-order chi connectivity index (χ1) is 13.4. The molecule has 0 fully saturated rings. The van der Waals surface area contributed by atoms with E-state index in [4.69, 9.17) is 0 Å². The minimum atomic E-state index is -1.29. The quantitative estimate of drug-likeness (QED) is 0.659. The van der Waals surface area contributed by atoms with Gasteiger partial charge in [0.15, 0.2) is 0 Å². The molecule has 0 saturated carbocycles. The highest BCUT2D eigenvalue weighted by molar-refractivity contribution is 5.89. The van der Waals surface area contributed by atoms with Gasteiger partial charge in [0.2, 0.25) is 5.91 Å². The summed E-state index contributed by atoms with van der Waals surface area (Å²) in [6.45, 7) is 3.44. The summed E-state index contributed by atoms with van der Waals surface area (Å²) >= 11 is 0. The molecule has 0 spiro atoms. The van der Waals surface area contributed by atoms with Gasteiger partial charge in [0.1, 0.15) is 12.7 Å². The topological polar surface area (TPSA) is 97.1 Å². The van der Waals surface area contributed by atoms with Crippen molar-refractivity contribution in [2.75, 3.05) is 0 Å². The van der Waals surface area contributed by atoms with Gasteiger partial charge in [-0.25, -0.2) is 9.67 Å². The van der Waals surface area contributed by atoms with Crippen molar-refractivity contribution in [3.63, 3.8) is 0 Å². The standard InChI is InChI=1S/C21H22N4O3/c1-15(16-8-10-18(11-9-16)25-14-22-13-23-25)24-19(26)12-21(2,20(27)28)17-6-4-3-5-7-17/h3-11,13-15H,12H2,1-2H3,(H,24,26)(H,27,28)/t15-,21-/m1/s1. The van der Waals surface area contributed by atoms with Gasteiger partial charge in [-0.1, -0.05) is 42.5 Å². The molecule has 3 rings (SSSR count). The Kier molecular flexibility index (Phi) is 5.54. The molecule has 7 heteroatoms. The highest BCUT2D eigenvalue weighted by Gasteiger charge is 2.37. The number of aliphatic carboxylic acids is 1. The van der Waals surface area contributed by atoms with Crippen molar-refractivity contribution in [3.05, 3.63) is 78.4 Å². The molecule has 2 aromatic carbocycles. The SMILES string of the molecule is C[C@@H](NC(=O)C[C@@](C)(C(=O)O)c1ccccc1)c1ccc(-n2cncn2)cc1. The smallest absolute Gasteiger partial charge is 0.314 e. The first kappa shape index (κ1) is 19.3. The fraction of sp³-hybridized carbons (Fsp3) is 0.238. The molecular formula is C21H22N4O3. The summed E-state index contributed by atoms with van der Waals surface area (Å²) < 4.78 is 1.64. The Bertz CT molecular complexity index is 940. The zero-order chi connectivity index (χ0) is 20.1. The van der Waals surface area contributed by atoms with Crippen LogP contribution in [0.25, 0.3) is 5.69 Å². The van der Waals surface area contributed by atoms with Crippen LogP contribution in [-0.2, 0) is 15.0 Å². The molecule has 0 aliphatic rings. The number of hydrogen-bond acceptors (Lipinski definition) is 4. The first-order valence-corrected chi connectivity index (χ1v) is 8.93. The van der Waals surface area contributed by atoms with Gasteiger partial charge < -0.3 is 10.4 Å². The van der Waals surface area contributed by atoms with Crippen molar-refractivity contribution >= 4 is 11.9 Å². The number of carbonyl (C=O) groups excluding carboxylic acids is 1. The van der Waals surface area contributed by atoms with Crippen molar-refractivity contribution in [1.29, 1.82) is 0 Å². The van der Waals surface area contributed by atoms with Crippen LogP contribution in [0, 0.1) is 0 Å². The van der Waals surface area contributed by atoms with Gasteiger partial charge in [-0.3, -0.25) is 9.59 Å². The Labute approximate surface area is 163 Å². The van der Waals surface area contributed by atoms with E-state index in [-0.39, 0.29) is 18.4 Å². The van der Waals surface area contributed by atoms with E-state index < -0.39 is 11.4 Å². The van der Waals surface area contributed by atoms with Gasteiger partial charge in [-0.15, -0.1) is 0 Å². The van der Waals surface area contributed by atoms with Crippen molar-refractivity contribution in [1.82, 2.24) is 20.1 Å². The molecule has 1 heterocycles. The van der Waals surface area contributed by atoms with Gasteiger partial charge >= 0.3 is 5.97 Å². The lowest BCUT2D eigenvalue weighted by Gasteiger charge is -2.26. The second kappa shape index (κ2) is 8.04. The molecule has 0 saturated heterocycles. The van der Waals surface area contributed by atoms with Crippen molar-refractivity contribution in [3.8, 4) is 5.69 Å². The minimum Gasteiger partial charge on any atom is -0.481 e. The highest BCUT2D eigenvalue weighted by atomic mass is 16.4. The fourth-order valence-electron chi connectivity index (χ4n) is 3.06. The molecular weight excluding hydrogens is 356 g/mol. The summed E-state index contributed by atoms with van der Waals surface area (Å²) in [7, 11) is 0. The van der Waals surface area contributed by atoms with Gasteiger partial charge in [-0.2, -0.15) is 5.10 Å². The molecule has 0 aliphatic carbocycles. The molecule has 3 aromatic rings. The monoisotopic (exact) mass is 378 g/mol. The first-order valence-electron chi connectivity index (χ1n) is 8.93. The van der Waals surface area contributed by atoms with Gasteiger partial charge in [0, 0.05) is 6.42 Å². The van der Waals surface area contributed by atoms with E-state index >= 15 is 0 Å². The van der Waals surface area contributed by atoms with Crippen LogP contribution < -0.4 is 5.32 Å². The van der Waals surface area contributed by atoms with E-state index in [0.717, 1.165) is 11.3 Å². The lowest BCUT2D eigenvalue weighted by molar-refractivity contribution is -0.145. The largest absolute Gasteiger partial charge is 0.481 e. The minimum absolute atomic E-state index is 0.145. The van der Waals surface area contributed by atoms with Crippen LogP contribution in [0.1, 0.15) is 37.4 Å². The number of hydrogen-bond donors (Lipinski definition) is 2. The molecule has 0 bridgehead atoms. The van der Waals surface area contributed by atoms with Crippen LogP contribution in [0.2, 0.25) is 0 Å².